The molecule has 0 spiro atoms. The van der Waals surface area contributed by atoms with Gasteiger partial charge in [0.1, 0.15) is 5.82 Å². The molecule has 3 heteroatoms. The molecule has 0 radical (unpaired) electrons. The van der Waals surface area contributed by atoms with Crippen LogP contribution in [-0.2, 0) is 13.0 Å². The summed E-state index contributed by atoms with van der Waals surface area (Å²) in [7, 11) is 2.23. The van der Waals surface area contributed by atoms with Crippen LogP contribution in [0.3, 0.4) is 0 Å². The lowest BCUT2D eigenvalue weighted by molar-refractivity contribution is 0.216. The van der Waals surface area contributed by atoms with E-state index < -0.39 is 0 Å². The van der Waals surface area contributed by atoms with Crippen LogP contribution >= 0.6 is 0 Å². The molecule has 3 nitrogen and oxygen atoms in total. The maximum atomic E-state index is 4.71. The molecule has 1 aromatic rings. The van der Waals surface area contributed by atoms with Gasteiger partial charge in [0.15, 0.2) is 0 Å². The Balaban J connectivity index is 1.70. The number of piperidine rings is 1. The van der Waals surface area contributed by atoms with Gasteiger partial charge < -0.3 is 9.47 Å². The normalized spacial score (nSPS) is 26.2. The summed E-state index contributed by atoms with van der Waals surface area (Å²) in [5.41, 5.74) is 1.48. The number of aromatic nitrogens is 2. The van der Waals surface area contributed by atoms with Crippen LogP contribution in [0.5, 0.6) is 0 Å². The summed E-state index contributed by atoms with van der Waals surface area (Å²) in [6.45, 7) is 6.05. The van der Waals surface area contributed by atoms with E-state index in [-0.39, 0.29) is 0 Å². The second kappa shape index (κ2) is 5.04. The molecule has 3 rings (SSSR count). The van der Waals surface area contributed by atoms with E-state index in [1.807, 2.05) is 0 Å². The maximum Gasteiger partial charge on any atom is 0.109 e. The molecule has 0 aromatic carbocycles. The lowest BCUT2D eigenvalue weighted by Gasteiger charge is -2.29. The lowest BCUT2D eigenvalue weighted by Crippen LogP contribution is -2.31. The van der Waals surface area contributed by atoms with E-state index >= 15 is 0 Å². The largest absolute Gasteiger partial charge is 0.332 e. The molecule has 0 saturated carbocycles. The van der Waals surface area contributed by atoms with Gasteiger partial charge in [0.2, 0.25) is 0 Å². The highest BCUT2D eigenvalue weighted by Gasteiger charge is 2.23. The van der Waals surface area contributed by atoms with Gasteiger partial charge in [-0.15, -0.1) is 0 Å². The standard InChI is InChI=1S/C15H25N3/c1-12-4-3-7-18-14(12)11-16-15(18)10-13-5-8-17(2)9-6-13/h11-13H,3-10H2,1-2H3. The monoisotopic (exact) mass is 247 g/mol. The highest BCUT2D eigenvalue weighted by molar-refractivity contribution is 5.13. The zero-order chi connectivity index (χ0) is 12.5. The Bertz CT molecular complexity index is 402. The van der Waals surface area contributed by atoms with Gasteiger partial charge >= 0.3 is 0 Å². The first-order valence-corrected chi connectivity index (χ1v) is 7.47. The topological polar surface area (TPSA) is 21.1 Å². The molecule has 0 bridgehead atoms. The third-order valence-electron chi connectivity index (χ3n) is 4.80. The minimum Gasteiger partial charge on any atom is -0.332 e. The highest BCUT2D eigenvalue weighted by atomic mass is 15.1. The van der Waals surface area contributed by atoms with E-state index in [0.717, 1.165) is 5.92 Å². The quantitative estimate of drug-likeness (QED) is 0.801. The smallest absolute Gasteiger partial charge is 0.109 e. The van der Waals surface area contributed by atoms with Crippen LogP contribution in [0.25, 0.3) is 0 Å². The average molecular weight is 247 g/mol. The highest BCUT2D eigenvalue weighted by Crippen LogP contribution is 2.29. The number of hydrogen-bond acceptors (Lipinski definition) is 2. The van der Waals surface area contributed by atoms with E-state index in [4.69, 9.17) is 4.98 Å². The Hall–Kier alpha value is -0.830. The van der Waals surface area contributed by atoms with Crippen molar-refractivity contribution in [2.45, 2.75) is 51.5 Å². The maximum absolute atomic E-state index is 4.71. The fourth-order valence-corrected chi connectivity index (χ4v) is 3.47. The first-order chi connectivity index (χ1) is 8.74. The second-order valence-electron chi connectivity index (χ2n) is 6.24. The number of likely N-dealkylation sites (tertiary alicyclic amines) is 1. The van der Waals surface area contributed by atoms with Crippen LogP contribution in [0.15, 0.2) is 6.20 Å². The van der Waals surface area contributed by atoms with Gasteiger partial charge in [-0.2, -0.15) is 0 Å². The summed E-state index contributed by atoms with van der Waals surface area (Å²) >= 11 is 0. The molecular formula is C15H25N3. The summed E-state index contributed by atoms with van der Waals surface area (Å²) in [5, 5.41) is 0. The van der Waals surface area contributed by atoms with Crippen molar-refractivity contribution < 1.29 is 0 Å². The molecular weight excluding hydrogens is 222 g/mol. The Morgan fingerprint density at radius 1 is 1.22 bits per heavy atom. The number of rotatable bonds is 2. The summed E-state index contributed by atoms with van der Waals surface area (Å²) in [6, 6.07) is 0. The average Bonchev–Trinajstić information content (AvgIpc) is 2.77. The zero-order valence-electron chi connectivity index (χ0n) is 11.7. The molecule has 18 heavy (non-hydrogen) atoms. The van der Waals surface area contributed by atoms with Gasteiger partial charge in [0, 0.05) is 24.9 Å². The Labute approximate surface area is 110 Å². The predicted octanol–water partition coefficient (Wildman–Crippen LogP) is 2.66. The number of fused-ring (bicyclic) bond motifs is 1. The van der Waals surface area contributed by atoms with Crippen LogP contribution in [0, 0.1) is 5.92 Å². The van der Waals surface area contributed by atoms with Crippen molar-refractivity contribution in [2.75, 3.05) is 20.1 Å². The Morgan fingerprint density at radius 3 is 2.78 bits per heavy atom. The predicted molar refractivity (Wildman–Crippen MR) is 73.8 cm³/mol. The Morgan fingerprint density at radius 2 is 2.00 bits per heavy atom. The fraction of sp³-hybridized carbons (Fsp3) is 0.800. The van der Waals surface area contributed by atoms with Gasteiger partial charge in [-0.05, 0) is 57.7 Å². The van der Waals surface area contributed by atoms with Crippen molar-refractivity contribution in [1.82, 2.24) is 14.5 Å². The Kier molecular flexibility index (Phi) is 3.42. The molecule has 2 aliphatic rings. The molecule has 3 heterocycles. The van der Waals surface area contributed by atoms with E-state index in [2.05, 4.69) is 29.6 Å². The molecule has 1 atom stereocenters. The molecule has 1 saturated heterocycles. The lowest BCUT2D eigenvalue weighted by atomic mass is 9.93. The summed E-state index contributed by atoms with van der Waals surface area (Å²) in [5.74, 6) is 2.91. The molecule has 1 fully saturated rings. The van der Waals surface area contributed by atoms with Crippen LogP contribution in [-0.4, -0.2) is 34.6 Å². The third kappa shape index (κ3) is 2.33. The van der Waals surface area contributed by atoms with Crippen LogP contribution < -0.4 is 0 Å². The first kappa shape index (κ1) is 12.2. The van der Waals surface area contributed by atoms with Crippen LogP contribution in [0.4, 0.5) is 0 Å². The minimum atomic E-state index is 0.706. The molecule has 100 valence electrons. The zero-order valence-corrected chi connectivity index (χ0v) is 11.7. The van der Waals surface area contributed by atoms with Crippen molar-refractivity contribution in [3.05, 3.63) is 17.7 Å². The van der Waals surface area contributed by atoms with Gasteiger partial charge in [0.05, 0.1) is 0 Å². The fourth-order valence-electron chi connectivity index (χ4n) is 3.47. The SMILES string of the molecule is CC1CCCn2c1cnc2CC1CCN(C)CC1. The minimum absolute atomic E-state index is 0.706. The van der Waals surface area contributed by atoms with Crippen molar-refractivity contribution >= 4 is 0 Å². The first-order valence-electron chi connectivity index (χ1n) is 7.47. The number of nitrogens with zero attached hydrogens (tertiary/aromatic N) is 3. The van der Waals surface area contributed by atoms with Gasteiger partial charge in [-0.3, -0.25) is 0 Å². The number of imidazole rings is 1. The van der Waals surface area contributed by atoms with Crippen molar-refractivity contribution in [1.29, 1.82) is 0 Å². The third-order valence-corrected chi connectivity index (χ3v) is 4.80. The van der Waals surface area contributed by atoms with Gasteiger partial charge in [0.25, 0.3) is 0 Å². The van der Waals surface area contributed by atoms with Crippen LogP contribution in [0.1, 0.15) is 50.0 Å². The molecule has 1 aromatic heterocycles. The summed E-state index contributed by atoms with van der Waals surface area (Å²) < 4.78 is 2.51. The number of hydrogen-bond donors (Lipinski definition) is 0. The molecule has 0 aliphatic carbocycles. The van der Waals surface area contributed by atoms with Crippen molar-refractivity contribution in [3.8, 4) is 0 Å². The van der Waals surface area contributed by atoms with E-state index in [0.29, 0.717) is 5.92 Å². The van der Waals surface area contributed by atoms with Gasteiger partial charge in [-0.1, -0.05) is 6.92 Å². The van der Waals surface area contributed by atoms with Crippen molar-refractivity contribution in [3.63, 3.8) is 0 Å². The molecule has 0 amide bonds. The van der Waals surface area contributed by atoms with E-state index in [9.17, 15) is 0 Å². The van der Waals surface area contributed by atoms with Crippen LogP contribution in [0.2, 0.25) is 0 Å². The molecule has 1 unspecified atom stereocenters. The van der Waals surface area contributed by atoms with Gasteiger partial charge in [-0.25, -0.2) is 4.98 Å². The molecule has 0 N–H and O–H groups in total. The second-order valence-corrected chi connectivity index (χ2v) is 6.24. The van der Waals surface area contributed by atoms with E-state index in [1.54, 1.807) is 0 Å². The van der Waals surface area contributed by atoms with E-state index in [1.165, 1.54) is 63.3 Å². The molecule has 2 aliphatic heterocycles. The van der Waals surface area contributed by atoms with Crippen molar-refractivity contribution in [2.24, 2.45) is 5.92 Å². The summed E-state index contributed by atoms with van der Waals surface area (Å²) in [4.78, 5) is 7.15. The summed E-state index contributed by atoms with van der Waals surface area (Å²) in [6.07, 6.45) is 8.67.